The van der Waals surface area contributed by atoms with E-state index in [9.17, 15) is 86.2 Å². The zero-order valence-corrected chi connectivity index (χ0v) is 33.2. The van der Waals surface area contributed by atoms with Crippen molar-refractivity contribution in [1.29, 1.82) is 0 Å². The predicted octanol–water partition coefficient (Wildman–Crippen LogP) is -11.6. The van der Waals surface area contributed by atoms with Gasteiger partial charge in [-0.2, -0.15) is 0 Å². The lowest BCUT2D eigenvalue weighted by atomic mass is 9.93. The van der Waals surface area contributed by atoms with E-state index in [0.29, 0.717) is 0 Å². The van der Waals surface area contributed by atoms with Gasteiger partial charge in [-0.1, -0.05) is 0 Å². The van der Waals surface area contributed by atoms with E-state index in [2.05, 4.69) is 10.6 Å². The van der Waals surface area contributed by atoms with Crippen LogP contribution < -0.4 is 10.6 Å². The molecule has 0 spiro atoms. The summed E-state index contributed by atoms with van der Waals surface area (Å²) in [5.74, 6) is -1.51. The summed E-state index contributed by atoms with van der Waals surface area (Å²) in [5, 5.41) is 162. The summed E-state index contributed by atoms with van der Waals surface area (Å²) >= 11 is 0. The lowest BCUT2D eigenvalue weighted by molar-refractivity contribution is -0.386. The van der Waals surface area contributed by atoms with Crippen LogP contribution >= 0.6 is 0 Å². The third-order valence-electron chi connectivity index (χ3n) is 11.1. The number of ether oxygens (including phenoxy) is 9. The Hall–Kier alpha value is -2.02. The number of hydrogen-bond acceptors (Lipinski definition) is 26. The standard InChI is InChI=1S/C34H58N2O26/c1-8(42)35-15-19(46)17(44)10(3-37)55-31(15)62-29-16(36-9(2)43)32(56-11(4-38)18(29)45)59-27-13(6-40)57-34(24(51)21(27)48)61-28-14(7-41)58-33(25(52)22(28)49)60-26-12(5-39)54-30(53)23(50)20(26)47/h10-34,37-41,44-53H,3-7H2,1-2H3,(H,35,42)(H,36,43)/t10-,11-,12-,13-,14-,15-,16-,17+,18+,19-,20-,21-,22-,23-,24-,25-,26-,27+,28+,29-,30-,31-,32+,33+,34-/m1/s1. The average molecular weight is 911 g/mol. The first-order valence-corrected chi connectivity index (χ1v) is 19.6. The van der Waals surface area contributed by atoms with Gasteiger partial charge >= 0.3 is 0 Å². The van der Waals surface area contributed by atoms with Gasteiger partial charge in [-0.15, -0.1) is 0 Å². The molecular formula is C34H58N2O26. The molecule has 5 fully saturated rings. The molecule has 0 aromatic rings. The van der Waals surface area contributed by atoms with Crippen LogP contribution in [-0.2, 0) is 52.2 Å². The molecule has 28 nitrogen and oxygen atoms in total. The molecule has 5 aliphatic heterocycles. The van der Waals surface area contributed by atoms with Gasteiger partial charge in [0.2, 0.25) is 11.8 Å². The number of carbonyl (C=O) groups excluding carboxylic acids is 2. The molecule has 2 amide bonds. The van der Waals surface area contributed by atoms with E-state index in [-0.39, 0.29) is 0 Å². The third-order valence-corrected chi connectivity index (χ3v) is 11.1. The Morgan fingerprint density at radius 2 is 0.726 bits per heavy atom. The molecule has 0 aromatic carbocycles. The molecule has 25 atom stereocenters. The van der Waals surface area contributed by atoms with Crippen LogP contribution in [0.4, 0.5) is 0 Å². The van der Waals surface area contributed by atoms with E-state index in [1.54, 1.807) is 0 Å². The van der Waals surface area contributed by atoms with Gasteiger partial charge in [0.1, 0.15) is 122 Å². The van der Waals surface area contributed by atoms with Crippen LogP contribution in [0, 0.1) is 0 Å². The van der Waals surface area contributed by atoms with Crippen LogP contribution in [0.2, 0.25) is 0 Å². The topological polar surface area (TPSA) is 445 Å². The van der Waals surface area contributed by atoms with Crippen LogP contribution in [0.1, 0.15) is 13.8 Å². The third kappa shape index (κ3) is 10.8. The Morgan fingerprint density at radius 3 is 1.16 bits per heavy atom. The maximum Gasteiger partial charge on any atom is 0.217 e. The van der Waals surface area contributed by atoms with Gasteiger partial charge in [-0.25, -0.2) is 0 Å². The molecule has 0 radical (unpaired) electrons. The molecule has 5 heterocycles. The number of aliphatic hydroxyl groups excluding tert-OH is 15. The molecule has 5 saturated heterocycles. The highest BCUT2D eigenvalue weighted by Crippen LogP contribution is 2.35. The SMILES string of the molecule is CC(=O)N[C@H]1[C@@H](O[C@H]2[C@@H](O)[C@@H](CO)O[C@@H](O[C@@H]3[C@H](O)[C@@H](O)[C@@H](O[C@@H]4[C@H](O)[C@@H](O)[C@H](O[C@H]5[C@H](O)[C@@H](O)[C@H](O)O[C@@H]5CO)O[C@@H]4CO)O[C@@H]3CO)[C@@H]2NC(C)=O)O[C@H](CO)[C@H](O)[C@@H]1O. The Morgan fingerprint density at radius 1 is 0.387 bits per heavy atom. The Kier molecular flexibility index (Phi) is 18.1. The fraction of sp³-hybridized carbons (Fsp3) is 0.941. The lowest BCUT2D eigenvalue weighted by Gasteiger charge is -2.50. The number of amides is 2. The minimum Gasteiger partial charge on any atom is -0.394 e. The van der Waals surface area contributed by atoms with Crippen LogP contribution in [0.25, 0.3) is 0 Å². The molecule has 28 heteroatoms. The summed E-state index contributed by atoms with van der Waals surface area (Å²) in [6, 6.07) is -3.18. The molecule has 5 aliphatic rings. The van der Waals surface area contributed by atoms with Crippen molar-refractivity contribution in [2.24, 2.45) is 0 Å². The van der Waals surface area contributed by atoms with E-state index < -0.39 is 198 Å². The monoisotopic (exact) mass is 910 g/mol. The van der Waals surface area contributed by atoms with Crippen molar-refractivity contribution in [3.05, 3.63) is 0 Å². The van der Waals surface area contributed by atoms with Gasteiger partial charge in [-0.3, -0.25) is 9.59 Å². The summed E-state index contributed by atoms with van der Waals surface area (Å²) in [7, 11) is 0. The molecule has 0 bridgehead atoms. The van der Waals surface area contributed by atoms with E-state index in [1.165, 1.54) is 0 Å². The quantitative estimate of drug-likeness (QED) is 0.0725. The minimum atomic E-state index is -2.15. The summed E-state index contributed by atoms with van der Waals surface area (Å²) in [5.41, 5.74) is 0. The van der Waals surface area contributed by atoms with Crippen molar-refractivity contribution in [1.82, 2.24) is 10.6 Å². The van der Waals surface area contributed by atoms with Gasteiger partial charge in [0.15, 0.2) is 31.5 Å². The number of carbonyl (C=O) groups is 2. The Balaban J connectivity index is 1.33. The lowest BCUT2D eigenvalue weighted by Crippen LogP contribution is -2.71. The van der Waals surface area contributed by atoms with Gasteiger partial charge < -0.3 is 130 Å². The van der Waals surface area contributed by atoms with Crippen LogP contribution in [-0.4, -0.2) is 275 Å². The largest absolute Gasteiger partial charge is 0.394 e. The molecule has 0 aliphatic carbocycles. The number of aliphatic hydroxyl groups is 15. The zero-order valence-electron chi connectivity index (χ0n) is 33.2. The first-order chi connectivity index (χ1) is 29.3. The molecule has 0 aromatic heterocycles. The highest BCUT2D eigenvalue weighted by molar-refractivity contribution is 5.73. The number of rotatable bonds is 15. The first kappa shape index (κ1) is 51.0. The Bertz CT molecular complexity index is 1440. The van der Waals surface area contributed by atoms with Crippen molar-refractivity contribution in [3.63, 3.8) is 0 Å². The van der Waals surface area contributed by atoms with Gasteiger partial charge in [0.25, 0.3) is 0 Å². The highest BCUT2D eigenvalue weighted by Gasteiger charge is 2.57. The van der Waals surface area contributed by atoms with Crippen LogP contribution in [0.5, 0.6) is 0 Å². The summed E-state index contributed by atoms with van der Waals surface area (Å²) in [6.45, 7) is -2.47. The van der Waals surface area contributed by atoms with E-state index in [1.807, 2.05) is 0 Å². The van der Waals surface area contributed by atoms with E-state index in [4.69, 9.17) is 42.6 Å². The normalized spacial score (nSPS) is 49.0. The molecule has 0 unspecified atom stereocenters. The van der Waals surface area contributed by atoms with E-state index >= 15 is 0 Å². The van der Waals surface area contributed by atoms with Crippen LogP contribution in [0.15, 0.2) is 0 Å². The van der Waals surface area contributed by atoms with Crippen molar-refractivity contribution >= 4 is 11.8 Å². The Labute approximate surface area is 351 Å². The first-order valence-electron chi connectivity index (χ1n) is 19.6. The van der Waals surface area contributed by atoms with E-state index in [0.717, 1.165) is 13.8 Å². The van der Waals surface area contributed by atoms with Crippen molar-refractivity contribution in [2.45, 2.75) is 167 Å². The second-order valence-corrected chi connectivity index (χ2v) is 15.4. The van der Waals surface area contributed by atoms with Crippen LogP contribution in [0.3, 0.4) is 0 Å². The van der Waals surface area contributed by atoms with Crippen molar-refractivity contribution in [3.8, 4) is 0 Å². The highest BCUT2D eigenvalue weighted by atomic mass is 16.8. The van der Waals surface area contributed by atoms with Crippen molar-refractivity contribution in [2.75, 3.05) is 33.0 Å². The molecule has 5 rings (SSSR count). The molecule has 62 heavy (non-hydrogen) atoms. The fourth-order valence-corrected chi connectivity index (χ4v) is 7.84. The second kappa shape index (κ2) is 22.0. The molecular weight excluding hydrogens is 852 g/mol. The van der Waals surface area contributed by atoms with Gasteiger partial charge in [0, 0.05) is 13.8 Å². The van der Waals surface area contributed by atoms with Gasteiger partial charge in [-0.05, 0) is 0 Å². The average Bonchev–Trinajstić information content (AvgIpc) is 3.24. The van der Waals surface area contributed by atoms with Crippen molar-refractivity contribution < 1.29 is 129 Å². The molecule has 360 valence electrons. The minimum absolute atomic E-state index is 0.721. The molecule has 0 saturated carbocycles. The smallest absolute Gasteiger partial charge is 0.217 e. The number of hydrogen-bond donors (Lipinski definition) is 17. The zero-order chi connectivity index (χ0) is 45.9. The fourth-order valence-electron chi connectivity index (χ4n) is 7.84. The summed E-state index contributed by atoms with van der Waals surface area (Å²) in [4.78, 5) is 24.5. The second-order valence-electron chi connectivity index (χ2n) is 15.4. The summed E-state index contributed by atoms with van der Waals surface area (Å²) < 4.78 is 50.8. The molecule has 17 N–H and O–H groups in total. The predicted molar refractivity (Wildman–Crippen MR) is 190 cm³/mol. The number of nitrogens with one attached hydrogen (secondary N) is 2. The maximum absolute atomic E-state index is 12.5. The van der Waals surface area contributed by atoms with Gasteiger partial charge in [0.05, 0.1) is 33.0 Å². The summed E-state index contributed by atoms with van der Waals surface area (Å²) in [6.07, 6.45) is -41.9. The maximum atomic E-state index is 12.5.